The normalized spacial score (nSPS) is 16.0. The fourth-order valence-corrected chi connectivity index (χ4v) is 4.46. The lowest BCUT2D eigenvalue weighted by atomic mass is 10.1. The van der Waals surface area contributed by atoms with Crippen LogP contribution in [0.25, 0.3) is 21.3 Å². The van der Waals surface area contributed by atoms with Gasteiger partial charge >= 0.3 is 0 Å². The Morgan fingerprint density at radius 2 is 1.90 bits per heavy atom. The molecular formula is C22H27N5OS. The zero-order valence-electron chi connectivity index (χ0n) is 17.3. The molecule has 0 amide bonds. The summed E-state index contributed by atoms with van der Waals surface area (Å²) in [5.41, 5.74) is 1.88. The van der Waals surface area contributed by atoms with Crippen molar-refractivity contribution in [1.29, 1.82) is 0 Å². The molecule has 152 valence electrons. The highest BCUT2D eigenvalue weighted by atomic mass is 32.1. The van der Waals surface area contributed by atoms with Crippen LogP contribution in [0.5, 0.6) is 0 Å². The predicted molar refractivity (Wildman–Crippen MR) is 117 cm³/mol. The molecule has 0 aliphatic carbocycles. The molecule has 0 bridgehead atoms. The maximum absolute atomic E-state index is 12.6. The third kappa shape index (κ3) is 4.86. The Labute approximate surface area is 175 Å². The lowest BCUT2D eigenvalue weighted by molar-refractivity contribution is -0.120. The van der Waals surface area contributed by atoms with Gasteiger partial charge in [-0.3, -0.25) is 19.6 Å². The van der Waals surface area contributed by atoms with Gasteiger partial charge in [0, 0.05) is 55.1 Å². The van der Waals surface area contributed by atoms with Gasteiger partial charge in [0.2, 0.25) is 0 Å². The molecule has 1 saturated heterocycles. The van der Waals surface area contributed by atoms with E-state index in [1.807, 2.05) is 31.3 Å². The van der Waals surface area contributed by atoms with Gasteiger partial charge in [-0.25, -0.2) is 0 Å². The van der Waals surface area contributed by atoms with Gasteiger partial charge in [0.15, 0.2) is 5.78 Å². The molecule has 2 aromatic heterocycles. The van der Waals surface area contributed by atoms with E-state index in [2.05, 4.69) is 44.9 Å². The van der Waals surface area contributed by atoms with Crippen molar-refractivity contribution in [3.8, 4) is 10.6 Å². The zero-order valence-corrected chi connectivity index (χ0v) is 18.1. The minimum atomic E-state index is 0.228. The van der Waals surface area contributed by atoms with Crippen LogP contribution in [-0.4, -0.2) is 69.5 Å². The monoisotopic (exact) mass is 409 g/mol. The summed E-state index contributed by atoms with van der Waals surface area (Å²) in [4.78, 5) is 21.8. The summed E-state index contributed by atoms with van der Waals surface area (Å²) in [6.07, 6.45) is 2.23. The quantitative estimate of drug-likeness (QED) is 0.623. The van der Waals surface area contributed by atoms with Gasteiger partial charge in [-0.2, -0.15) is 0 Å². The molecule has 1 aromatic carbocycles. The SMILES string of the molecule is Cc1nnc(-c2ccc3cnc(CC(=O)CN4CCN(C(C)C)CC4)cc3c2)s1. The summed E-state index contributed by atoms with van der Waals surface area (Å²) in [7, 11) is 0. The van der Waals surface area contributed by atoms with Crippen molar-refractivity contribution in [1.82, 2.24) is 25.0 Å². The molecule has 7 heteroatoms. The Morgan fingerprint density at radius 1 is 1.10 bits per heavy atom. The summed E-state index contributed by atoms with van der Waals surface area (Å²) in [5.74, 6) is 0.228. The van der Waals surface area contributed by atoms with Crippen LogP contribution in [0.3, 0.4) is 0 Å². The first-order chi connectivity index (χ1) is 14.0. The lowest BCUT2D eigenvalue weighted by Crippen LogP contribution is -2.50. The van der Waals surface area contributed by atoms with Crippen LogP contribution < -0.4 is 0 Å². The number of hydrogen-bond donors (Lipinski definition) is 0. The van der Waals surface area contributed by atoms with Gasteiger partial charge in [-0.1, -0.05) is 23.5 Å². The maximum atomic E-state index is 12.6. The number of hydrogen-bond acceptors (Lipinski definition) is 7. The number of ketones is 1. The number of piperazine rings is 1. The van der Waals surface area contributed by atoms with E-state index in [1.54, 1.807) is 11.3 Å². The van der Waals surface area contributed by atoms with Crippen molar-refractivity contribution >= 4 is 27.9 Å². The fraction of sp³-hybridized carbons (Fsp3) is 0.455. The van der Waals surface area contributed by atoms with Gasteiger partial charge in [0.1, 0.15) is 10.0 Å². The summed E-state index contributed by atoms with van der Waals surface area (Å²) < 4.78 is 0. The number of benzene rings is 1. The Balaban J connectivity index is 1.42. The van der Waals surface area contributed by atoms with Crippen LogP contribution in [0, 0.1) is 6.92 Å². The number of Topliss-reactive ketones (excluding diaryl/α,β-unsaturated/α-hetero) is 1. The number of aryl methyl sites for hydroxylation is 1. The van der Waals surface area contributed by atoms with Gasteiger partial charge in [0.25, 0.3) is 0 Å². The van der Waals surface area contributed by atoms with E-state index in [-0.39, 0.29) is 5.78 Å². The highest BCUT2D eigenvalue weighted by Gasteiger charge is 2.20. The van der Waals surface area contributed by atoms with Crippen LogP contribution in [0.15, 0.2) is 30.5 Å². The first-order valence-corrected chi connectivity index (χ1v) is 11.0. The third-order valence-corrected chi connectivity index (χ3v) is 6.35. The summed E-state index contributed by atoms with van der Waals surface area (Å²) >= 11 is 1.58. The molecule has 3 aromatic rings. The summed E-state index contributed by atoms with van der Waals surface area (Å²) in [6.45, 7) is 10.9. The molecule has 1 fully saturated rings. The number of carbonyl (C=O) groups is 1. The van der Waals surface area contributed by atoms with Gasteiger partial charge in [-0.15, -0.1) is 10.2 Å². The Kier molecular flexibility index (Phi) is 5.99. The molecule has 3 heterocycles. The minimum Gasteiger partial charge on any atom is -0.298 e. The summed E-state index contributed by atoms with van der Waals surface area (Å²) in [5, 5.41) is 12.4. The second-order valence-corrected chi connectivity index (χ2v) is 9.17. The topological polar surface area (TPSA) is 62.2 Å². The molecule has 0 saturated carbocycles. The lowest BCUT2D eigenvalue weighted by Gasteiger charge is -2.36. The number of carbonyl (C=O) groups excluding carboxylic acids is 1. The maximum Gasteiger partial charge on any atom is 0.152 e. The zero-order chi connectivity index (χ0) is 20.4. The van der Waals surface area contributed by atoms with E-state index in [1.165, 1.54) is 0 Å². The van der Waals surface area contributed by atoms with Crippen molar-refractivity contribution in [3.05, 3.63) is 41.2 Å². The molecule has 4 rings (SSSR count). The second kappa shape index (κ2) is 8.65. The number of pyridine rings is 1. The van der Waals surface area contributed by atoms with Crippen LogP contribution in [0.2, 0.25) is 0 Å². The molecular weight excluding hydrogens is 382 g/mol. The number of fused-ring (bicyclic) bond motifs is 1. The van der Waals surface area contributed by atoms with E-state index in [0.717, 1.165) is 58.2 Å². The van der Waals surface area contributed by atoms with E-state index in [0.29, 0.717) is 19.0 Å². The van der Waals surface area contributed by atoms with Gasteiger partial charge in [-0.05, 0) is 38.3 Å². The minimum absolute atomic E-state index is 0.228. The van der Waals surface area contributed by atoms with E-state index in [9.17, 15) is 4.79 Å². The number of aromatic nitrogens is 3. The van der Waals surface area contributed by atoms with E-state index < -0.39 is 0 Å². The van der Waals surface area contributed by atoms with Crippen LogP contribution in [-0.2, 0) is 11.2 Å². The average molecular weight is 410 g/mol. The van der Waals surface area contributed by atoms with Crippen molar-refractivity contribution < 1.29 is 4.79 Å². The van der Waals surface area contributed by atoms with Crippen LogP contribution in [0.4, 0.5) is 0 Å². The fourth-order valence-electron chi connectivity index (χ4n) is 3.77. The molecule has 0 atom stereocenters. The first-order valence-electron chi connectivity index (χ1n) is 10.2. The average Bonchev–Trinajstić information content (AvgIpc) is 3.14. The molecule has 1 aliphatic heterocycles. The van der Waals surface area contributed by atoms with E-state index in [4.69, 9.17) is 0 Å². The van der Waals surface area contributed by atoms with Crippen molar-refractivity contribution in [2.45, 2.75) is 33.2 Å². The van der Waals surface area contributed by atoms with Gasteiger partial charge in [0.05, 0.1) is 13.0 Å². The molecule has 1 aliphatic rings. The van der Waals surface area contributed by atoms with E-state index >= 15 is 0 Å². The van der Waals surface area contributed by atoms with Crippen molar-refractivity contribution in [3.63, 3.8) is 0 Å². The Bertz CT molecular complexity index is 1010. The first kappa shape index (κ1) is 20.1. The second-order valence-electron chi connectivity index (χ2n) is 7.99. The molecule has 0 radical (unpaired) electrons. The van der Waals surface area contributed by atoms with Crippen LogP contribution >= 0.6 is 11.3 Å². The molecule has 0 spiro atoms. The molecule has 6 nitrogen and oxygen atoms in total. The third-order valence-electron chi connectivity index (χ3n) is 5.47. The standard InChI is InChI=1S/C22H27N5OS/c1-15(2)27-8-6-26(7-9-27)14-21(28)12-20-11-19-10-17(4-5-18(19)13-23-20)22-25-24-16(3)29-22/h4-5,10-11,13,15H,6-9,12,14H2,1-3H3. The molecule has 0 unspecified atom stereocenters. The number of rotatable bonds is 6. The molecule has 0 N–H and O–H groups in total. The Morgan fingerprint density at radius 3 is 2.59 bits per heavy atom. The highest BCUT2D eigenvalue weighted by Crippen LogP contribution is 2.27. The Hall–Kier alpha value is -2.22. The summed E-state index contributed by atoms with van der Waals surface area (Å²) in [6, 6.07) is 8.81. The van der Waals surface area contributed by atoms with Crippen molar-refractivity contribution in [2.24, 2.45) is 0 Å². The highest BCUT2D eigenvalue weighted by molar-refractivity contribution is 7.14. The van der Waals surface area contributed by atoms with Crippen molar-refractivity contribution in [2.75, 3.05) is 32.7 Å². The largest absolute Gasteiger partial charge is 0.298 e. The number of nitrogens with zero attached hydrogens (tertiary/aromatic N) is 5. The predicted octanol–water partition coefficient (Wildman–Crippen LogP) is 3.20. The molecule has 29 heavy (non-hydrogen) atoms. The van der Waals surface area contributed by atoms with Gasteiger partial charge < -0.3 is 0 Å². The smallest absolute Gasteiger partial charge is 0.152 e. The van der Waals surface area contributed by atoms with Crippen LogP contribution in [0.1, 0.15) is 24.5 Å².